The van der Waals surface area contributed by atoms with E-state index >= 15 is 0 Å². The maximum absolute atomic E-state index is 3.53. The number of rotatable bonds is 4. The van der Waals surface area contributed by atoms with Gasteiger partial charge in [-0.15, -0.1) is 36.8 Å². The van der Waals surface area contributed by atoms with Crippen LogP contribution in [0.15, 0.2) is 97.1 Å². The van der Waals surface area contributed by atoms with Gasteiger partial charge < -0.3 is 0 Å². The molecule has 0 atom stereocenters. The molecule has 0 heterocycles. The summed E-state index contributed by atoms with van der Waals surface area (Å²) in [5, 5.41) is 0. The largest absolute Gasteiger partial charge is 0.273 e. The number of halogens is 2. The van der Waals surface area contributed by atoms with Crippen LogP contribution >= 0.6 is 24.8 Å². The van der Waals surface area contributed by atoms with Crippen LogP contribution in [0.5, 0.6) is 0 Å². The van der Waals surface area contributed by atoms with Crippen molar-refractivity contribution >= 4 is 28.0 Å². The normalized spacial score (nSPS) is 12.4. The van der Waals surface area contributed by atoms with E-state index in [1.54, 1.807) is 27.4 Å². The number of allylic oxidation sites excluding steroid dienone is 4. The molecule has 0 nitrogen and oxygen atoms in total. The smallest absolute Gasteiger partial charge is 0.109 e. The summed E-state index contributed by atoms with van der Waals surface area (Å²) in [5.41, 5.74) is 14.3. The fourth-order valence-corrected chi connectivity index (χ4v) is 6.30. The Bertz CT molecular complexity index is 1510. The van der Waals surface area contributed by atoms with Gasteiger partial charge in [-0.3, -0.25) is 6.08 Å². The monoisotopic (exact) mass is 726 g/mol. The molecule has 0 unspecified atom stereocenters. The van der Waals surface area contributed by atoms with Crippen LogP contribution in [0.4, 0.5) is 0 Å². The molecule has 240 valence electrons. The molecule has 0 spiro atoms. The van der Waals surface area contributed by atoms with Crippen molar-refractivity contribution in [2.24, 2.45) is 0 Å². The quantitative estimate of drug-likeness (QED) is 0.162. The Morgan fingerprint density at radius 3 is 1.65 bits per heavy atom. The Hall–Kier alpha value is -2.31. The van der Waals surface area contributed by atoms with Crippen molar-refractivity contribution in [3.05, 3.63) is 154 Å². The van der Waals surface area contributed by atoms with Crippen LogP contribution in [-0.4, -0.2) is 3.21 Å². The molecule has 0 aliphatic heterocycles. The van der Waals surface area contributed by atoms with E-state index in [-0.39, 0.29) is 35.6 Å². The molecular weight excluding hydrogens is 679 g/mol. The van der Waals surface area contributed by atoms with Gasteiger partial charge in [0.25, 0.3) is 0 Å². The molecule has 0 fully saturated rings. The topological polar surface area (TPSA) is 0 Å². The Morgan fingerprint density at radius 1 is 0.696 bits per heavy atom. The van der Waals surface area contributed by atoms with E-state index in [1.165, 1.54) is 55.6 Å². The number of hydrogen-bond donors (Lipinski definition) is 0. The maximum Gasteiger partial charge on any atom is -0.109 e. The second-order valence-corrected chi connectivity index (χ2v) is 16.0. The van der Waals surface area contributed by atoms with Gasteiger partial charge in [-0.2, -0.15) is 35.4 Å². The maximum atomic E-state index is 3.53. The van der Waals surface area contributed by atoms with E-state index in [1.807, 2.05) is 12.2 Å². The Kier molecular flexibility index (Phi) is 15.4. The number of benzene rings is 4. The third-order valence-electron chi connectivity index (χ3n) is 8.19. The molecule has 2 aliphatic carbocycles. The van der Waals surface area contributed by atoms with Crippen LogP contribution in [0, 0.1) is 26.0 Å². The molecule has 2 aliphatic rings. The van der Waals surface area contributed by atoms with Gasteiger partial charge >= 0.3 is 125 Å². The van der Waals surface area contributed by atoms with Crippen LogP contribution in [0.3, 0.4) is 0 Å². The van der Waals surface area contributed by atoms with E-state index in [9.17, 15) is 0 Å². The molecule has 0 aromatic heterocycles. The minimum Gasteiger partial charge on any atom is -0.273 e. The standard InChI is InChI=1S/C21H25.C17H18.C5H5.2ClH.Zr/c1-20(2,3)16-9-7-14-11-15-8-10-17(21(4,5)6)13-19(15)18(14)12-16;1-14-6-10-16(11-7-14)4-3-5-17-12-8-15(2)9-13-17;1-2-4-5-3-1;;;/h7,9-10,12-13H,11H2,1-6H3;6-13H,4-5H2,1-2H3;1-3H,4H2;2*1H;/q-1;;-1;;;+2. The van der Waals surface area contributed by atoms with Crippen molar-refractivity contribution in [2.45, 2.75) is 91.9 Å². The van der Waals surface area contributed by atoms with Crippen LogP contribution in [-0.2, 0) is 54.3 Å². The average molecular weight is 729 g/mol. The molecule has 0 saturated heterocycles. The third kappa shape index (κ3) is 11.7. The van der Waals surface area contributed by atoms with Crippen molar-refractivity contribution in [3.63, 3.8) is 0 Å². The zero-order valence-corrected chi connectivity index (χ0v) is 33.0. The van der Waals surface area contributed by atoms with Crippen LogP contribution in [0.1, 0.15) is 92.5 Å². The first-order chi connectivity index (χ1) is 20.8. The summed E-state index contributed by atoms with van der Waals surface area (Å²) in [6.45, 7) is 17.9. The zero-order valence-electron chi connectivity index (χ0n) is 28.9. The van der Waals surface area contributed by atoms with Gasteiger partial charge in [0.1, 0.15) is 0 Å². The first kappa shape index (κ1) is 39.9. The SMILES string of the molecule is CC(C)(C)c1c[c-]c2c(c1)-c1cc(C(C)(C)C)ccc1C2.Cc1ccc(C[C](=[Zr+2])Cc2ccc(C)cc2)cc1.Cl.Cl.[C-]1=CC=CC1. The van der Waals surface area contributed by atoms with Gasteiger partial charge in [-0.25, -0.2) is 12.2 Å². The van der Waals surface area contributed by atoms with Gasteiger partial charge in [0, 0.05) is 0 Å². The molecule has 0 radical (unpaired) electrons. The summed E-state index contributed by atoms with van der Waals surface area (Å²) in [7, 11) is 0. The van der Waals surface area contributed by atoms with Gasteiger partial charge in [0.15, 0.2) is 0 Å². The van der Waals surface area contributed by atoms with Gasteiger partial charge in [-0.05, 0) is 17.4 Å². The van der Waals surface area contributed by atoms with Crippen LogP contribution < -0.4 is 0 Å². The number of hydrogen-bond acceptors (Lipinski definition) is 0. The fourth-order valence-electron chi connectivity index (χ4n) is 5.29. The first-order valence-corrected chi connectivity index (χ1v) is 17.1. The predicted molar refractivity (Wildman–Crippen MR) is 202 cm³/mol. The zero-order chi connectivity index (χ0) is 31.9. The molecule has 0 bridgehead atoms. The molecule has 3 heteroatoms. The summed E-state index contributed by atoms with van der Waals surface area (Å²) in [5.74, 6) is 0. The Balaban J connectivity index is 0.000000270. The van der Waals surface area contributed by atoms with Crippen LogP contribution in [0.25, 0.3) is 11.1 Å². The Morgan fingerprint density at radius 2 is 1.22 bits per heavy atom. The molecule has 0 amide bonds. The minimum absolute atomic E-state index is 0. The molecule has 0 N–H and O–H groups in total. The van der Waals surface area contributed by atoms with E-state index < -0.39 is 0 Å². The summed E-state index contributed by atoms with van der Waals surface area (Å²) < 4.78 is 1.61. The molecule has 4 aromatic rings. The van der Waals surface area contributed by atoms with Gasteiger partial charge in [0.05, 0.1) is 0 Å². The summed E-state index contributed by atoms with van der Waals surface area (Å²) in [4.78, 5) is 0. The van der Waals surface area contributed by atoms with Crippen molar-refractivity contribution in [2.75, 3.05) is 0 Å². The summed E-state index contributed by atoms with van der Waals surface area (Å²) in [6, 6.07) is 32.8. The summed E-state index contributed by atoms with van der Waals surface area (Å²) in [6.07, 6.45) is 13.3. The third-order valence-corrected chi connectivity index (χ3v) is 9.06. The number of aryl methyl sites for hydroxylation is 2. The molecule has 0 saturated carbocycles. The molecular formula is C43H50Cl2Zr. The molecule has 6 rings (SSSR count). The molecule has 46 heavy (non-hydrogen) atoms. The number of fused-ring (bicyclic) bond motifs is 3. The second-order valence-electron chi connectivity index (χ2n) is 14.3. The van der Waals surface area contributed by atoms with Crippen molar-refractivity contribution in [3.8, 4) is 11.1 Å². The molecule has 4 aromatic carbocycles. The van der Waals surface area contributed by atoms with Crippen molar-refractivity contribution in [1.82, 2.24) is 0 Å². The Labute approximate surface area is 307 Å². The van der Waals surface area contributed by atoms with Crippen LogP contribution in [0.2, 0.25) is 0 Å². The van der Waals surface area contributed by atoms with E-state index in [2.05, 4.69) is 152 Å². The first-order valence-electron chi connectivity index (χ1n) is 15.9. The minimum atomic E-state index is 0. The summed E-state index contributed by atoms with van der Waals surface area (Å²) >= 11 is 1.55. The van der Waals surface area contributed by atoms with Gasteiger partial charge in [0.2, 0.25) is 0 Å². The predicted octanol–water partition coefficient (Wildman–Crippen LogP) is 11.6. The van der Waals surface area contributed by atoms with Crippen molar-refractivity contribution < 1.29 is 24.2 Å². The van der Waals surface area contributed by atoms with Gasteiger partial charge in [-0.1, -0.05) is 76.3 Å². The van der Waals surface area contributed by atoms with Crippen molar-refractivity contribution in [1.29, 1.82) is 0 Å². The fraction of sp³-hybridized carbons (Fsp3) is 0.326. The average Bonchev–Trinajstić information content (AvgIpc) is 3.66. The van der Waals surface area contributed by atoms with E-state index in [4.69, 9.17) is 0 Å². The second kappa shape index (κ2) is 17.7. The van der Waals surface area contributed by atoms with E-state index in [0.717, 1.165) is 25.7 Å². The van der Waals surface area contributed by atoms with E-state index in [0.29, 0.717) is 0 Å².